The molecule has 22 heavy (non-hydrogen) atoms. The Morgan fingerprint density at radius 2 is 1.73 bits per heavy atom. The van der Waals surface area contributed by atoms with Crippen molar-refractivity contribution < 1.29 is 9.00 Å². The third-order valence-electron chi connectivity index (χ3n) is 3.19. The highest BCUT2D eigenvalue weighted by molar-refractivity contribution is 7.97. The van der Waals surface area contributed by atoms with E-state index < -0.39 is 20.5 Å². The monoisotopic (exact) mass is 364 g/mol. The lowest BCUT2D eigenvalue weighted by Crippen LogP contribution is -2.41. The number of hydrogen-bond acceptors (Lipinski definition) is 3. The molecule has 1 aromatic heterocycles. The number of hydrogen-bond donors (Lipinski definition) is 0. The molecule has 0 bridgehead atoms. The van der Waals surface area contributed by atoms with Crippen LogP contribution in [0.4, 0.5) is 4.79 Å². The van der Waals surface area contributed by atoms with Crippen molar-refractivity contribution in [3.05, 3.63) is 16.5 Å². The fourth-order valence-electron chi connectivity index (χ4n) is 2.13. The van der Waals surface area contributed by atoms with Crippen LogP contribution in [0.3, 0.4) is 0 Å². The minimum Gasteiger partial charge on any atom is -0.318 e. The number of halogens is 1. The van der Waals surface area contributed by atoms with Gasteiger partial charge in [-0.1, -0.05) is 11.6 Å². The standard InChI is InChI=1S/C15H25ClN2O2S2/c1-10(2)18(11(3)4)14(19)17-22(20,15(5,6)7)13-9-8-12(16)21-13/h8-11H,1-7H3/t22-/m0/s1. The quantitative estimate of drug-likeness (QED) is 0.733. The van der Waals surface area contributed by atoms with Gasteiger partial charge in [0.25, 0.3) is 0 Å². The minimum atomic E-state index is -2.91. The normalized spacial score (nSPS) is 15.0. The number of thiophene rings is 1. The molecule has 0 spiro atoms. The molecule has 0 unspecified atom stereocenters. The van der Waals surface area contributed by atoms with Gasteiger partial charge in [0.15, 0.2) is 0 Å². The molecule has 0 aromatic carbocycles. The van der Waals surface area contributed by atoms with Crippen molar-refractivity contribution in [2.75, 3.05) is 0 Å². The van der Waals surface area contributed by atoms with Crippen molar-refractivity contribution in [3.63, 3.8) is 0 Å². The maximum atomic E-state index is 13.5. The number of rotatable bonds is 3. The molecule has 0 fully saturated rings. The molecule has 0 aliphatic heterocycles. The van der Waals surface area contributed by atoms with Gasteiger partial charge < -0.3 is 4.90 Å². The first-order chi connectivity index (χ1) is 9.90. The van der Waals surface area contributed by atoms with E-state index in [9.17, 15) is 9.00 Å². The summed E-state index contributed by atoms with van der Waals surface area (Å²) in [7, 11) is -2.91. The highest BCUT2D eigenvalue weighted by atomic mass is 35.5. The van der Waals surface area contributed by atoms with Gasteiger partial charge in [-0.15, -0.1) is 15.7 Å². The van der Waals surface area contributed by atoms with Crippen molar-refractivity contribution >= 4 is 38.7 Å². The summed E-state index contributed by atoms with van der Waals surface area (Å²) < 4.78 is 18.1. The van der Waals surface area contributed by atoms with Crippen molar-refractivity contribution in [2.24, 2.45) is 4.36 Å². The predicted octanol–water partition coefficient (Wildman–Crippen LogP) is 5.27. The summed E-state index contributed by atoms with van der Waals surface area (Å²) in [6, 6.07) is 2.94. The van der Waals surface area contributed by atoms with Crippen LogP contribution in [0.1, 0.15) is 48.5 Å². The van der Waals surface area contributed by atoms with Gasteiger partial charge in [0, 0.05) is 12.1 Å². The van der Waals surface area contributed by atoms with Gasteiger partial charge in [-0.3, -0.25) is 0 Å². The van der Waals surface area contributed by atoms with E-state index >= 15 is 0 Å². The Labute approximate surface area is 143 Å². The molecule has 0 aliphatic rings. The molecule has 1 heterocycles. The average molecular weight is 365 g/mol. The van der Waals surface area contributed by atoms with Gasteiger partial charge in [0.1, 0.15) is 4.21 Å². The van der Waals surface area contributed by atoms with Crippen LogP contribution >= 0.6 is 22.9 Å². The molecule has 1 atom stereocenters. The summed E-state index contributed by atoms with van der Waals surface area (Å²) in [5.74, 6) is 0. The van der Waals surface area contributed by atoms with Crippen molar-refractivity contribution in [1.29, 1.82) is 0 Å². The average Bonchev–Trinajstić information content (AvgIpc) is 2.73. The first-order valence-corrected chi connectivity index (χ1v) is 9.95. The van der Waals surface area contributed by atoms with E-state index in [1.807, 2.05) is 48.5 Å². The summed E-state index contributed by atoms with van der Waals surface area (Å²) >= 11 is 7.19. The summed E-state index contributed by atoms with van der Waals surface area (Å²) in [4.78, 5) is 14.3. The van der Waals surface area contributed by atoms with Gasteiger partial charge in [-0.05, 0) is 60.6 Å². The summed E-state index contributed by atoms with van der Waals surface area (Å²) in [6.07, 6.45) is 0. The maximum absolute atomic E-state index is 13.5. The van der Waals surface area contributed by atoms with Crippen molar-refractivity contribution in [2.45, 2.75) is 69.5 Å². The predicted molar refractivity (Wildman–Crippen MR) is 95.4 cm³/mol. The molecule has 0 N–H and O–H groups in total. The second-order valence-corrected chi connectivity index (χ2v) is 11.5. The summed E-state index contributed by atoms with van der Waals surface area (Å²) in [6.45, 7) is 13.2. The van der Waals surface area contributed by atoms with Crippen LogP contribution in [-0.4, -0.2) is 32.0 Å². The number of carbonyl (C=O) groups is 1. The largest absolute Gasteiger partial charge is 0.352 e. The van der Waals surface area contributed by atoms with Crippen molar-refractivity contribution in [3.8, 4) is 0 Å². The van der Waals surface area contributed by atoms with E-state index in [1.165, 1.54) is 11.3 Å². The zero-order valence-electron chi connectivity index (χ0n) is 14.2. The Bertz CT molecular complexity index is 643. The molecule has 0 saturated heterocycles. The van der Waals surface area contributed by atoms with Crippen LogP contribution < -0.4 is 0 Å². The lowest BCUT2D eigenvalue weighted by Gasteiger charge is -2.30. The fourth-order valence-corrected chi connectivity index (χ4v) is 6.16. The zero-order chi connectivity index (χ0) is 17.3. The van der Waals surface area contributed by atoms with Crippen LogP contribution in [0, 0.1) is 0 Å². The molecule has 7 heteroatoms. The number of carbonyl (C=O) groups excluding carboxylic acids is 1. The number of urea groups is 1. The Hall–Kier alpha value is -0.590. The lowest BCUT2D eigenvalue weighted by molar-refractivity contribution is 0.175. The van der Waals surface area contributed by atoms with E-state index in [-0.39, 0.29) is 12.1 Å². The Morgan fingerprint density at radius 3 is 2.05 bits per heavy atom. The van der Waals surface area contributed by atoms with Crippen molar-refractivity contribution in [1.82, 2.24) is 4.90 Å². The smallest absolute Gasteiger partial charge is 0.318 e. The number of amides is 2. The minimum absolute atomic E-state index is 0.00760. The number of nitrogens with zero attached hydrogens (tertiary/aromatic N) is 2. The Morgan fingerprint density at radius 1 is 1.23 bits per heavy atom. The van der Waals surface area contributed by atoms with E-state index in [0.29, 0.717) is 8.55 Å². The van der Waals surface area contributed by atoms with Gasteiger partial charge in [-0.2, -0.15) is 0 Å². The lowest BCUT2D eigenvalue weighted by atomic mass is 10.2. The van der Waals surface area contributed by atoms with Crippen LogP contribution in [-0.2, 0) is 9.73 Å². The van der Waals surface area contributed by atoms with Crippen LogP contribution in [0.15, 0.2) is 20.7 Å². The zero-order valence-corrected chi connectivity index (χ0v) is 16.6. The first-order valence-electron chi connectivity index (χ1n) is 7.24. The molecule has 2 amide bonds. The summed E-state index contributed by atoms with van der Waals surface area (Å²) in [5.41, 5.74) is 0. The Kier molecular flexibility index (Phi) is 6.09. The molecule has 126 valence electrons. The molecular formula is C15H25ClN2O2S2. The SMILES string of the molecule is CC(C)N(C(=O)N=[S@](=O)(c1ccc(Cl)s1)C(C)(C)C)C(C)C. The van der Waals surface area contributed by atoms with E-state index in [1.54, 1.807) is 17.0 Å². The molecule has 1 aromatic rings. The van der Waals surface area contributed by atoms with E-state index in [4.69, 9.17) is 11.6 Å². The van der Waals surface area contributed by atoms with Crippen LogP contribution in [0.2, 0.25) is 4.34 Å². The molecule has 0 saturated carbocycles. The highest BCUT2D eigenvalue weighted by Crippen LogP contribution is 2.35. The second-order valence-electron chi connectivity index (χ2n) is 6.67. The fraction of sp³-hybridized carbons (Fsp3) is 0.667. The van der Waals surface area contributed by atoms with Crippen LogP contribution in [0.25, 0.3) is 0 Å². The third-order valence-corrected chi connectivity index (χ3v) is 7.90. The summed E-state index contributed by atoms with van der Waals surface area (Å²) in [5, 5.41) is 0. The van der Waals surface area contributed by atoms with E-state index in [2.05, 4.69) is 4.36 Å². The molecule has 0 aliphatic carbocycles. The maximum Gasteiger partial charge on any atom is 0.352 e. The molecular weight excluding hydrogens is 340 g/mol. The van der Waals surface area contributed by atoms with E-state index in [0.717, 1.165) is 0 Å². The van der Waals surface area contributed by atoms with Gasteiger partial charge in [-0.25, -0.2) is 9.00 Å². The van der Waals surface area contributed by atoms with Gasteiger partial charge in [0.2, 0.25) is 0 Å². The molecule has 0 radical (unpaired) electrons. The van der Waals surface area contributed by atoms with Gasteiger partial charge >= 0.3 is 6.03 Å². The second kappa shape index (κ2) is 6.89. The van der Waals surface area contributed by atoms with Crippen LogP contribution in [0.5, 0.6) is 0 Å². The topological polar surface area (TPSA) is 49.7 Å². The third kappa shape index (κ3) is 4.03. The van der Waals surface area contributed by atoms with Gasteiger partial charge in [0.05, 0.1) is 18.8 Å². The molecule has 4 nitrogen and oxygen atoms in total. The Balaban J connectivity index is 3.47. The first kappa shape index (κ1) is 19.5. The molecule has 1 rings (SSSR count). The highest BCUT2D eigenvalue weighted by Gasteiger charge is 2.33.